The van der Waals surface area contributed by atoms with Crippen LogP contribution in [0.4, 0.5) is 5.82 Å². The van der Waals surface area contributed by atoms with Crippen LogP contribution in [0.1, 0.15) is 12.6 Å². The number of anilines is 1. The van der Waals surface area contributed by atoms with Gasteiger partial charge in [-0.05, 0) is 6.92 Å². The normalized spacial score (nSPS) is 11.8. The lowest BCUT2D eigenvalue weighted by atomic mass is 10.3. The minimum atomic E-state index is 0.0727. The molecule has 1 aromatic heterocycles. The summed E-state index contributed by atoms with van der Waals surface area (Å²) in [5, 5.41) is 11.7. The van der Waals surface area contributed by atoms with E-state index in [2.05, 4.69) is 15.3 Å². The molecule has 1 atom stereocenters. The molecule has 1 rings (SSSR count). The monoisotopic (exact) mass is 192 g/mol. The first-order valence-corrected chi connectivity index (χ1v) is 4.25. The average molecular weight is 192 g/mol. The highest BCUT2D eigenvalue weighted by Gasteiger charge is 2.04. The van der Waals surface area contributed by atoms with Crippen LogP contribution in [0.25, 0.3) is 0 Å². The van der Waals surface area contributed by atoms with Gasteiger partial charge in [-0.3, -0.25) is 0 Å². The Hall–Kier alpha value is -1.67. The second-order valence-electron chi connectivity index (χ2n) is 2.79. The number of rotatable bonds is 4. The highest BCUT2D eigenvalue weighted by atomic mass is 16.5. The summed E-state index contributed by atoms with van der Waals surface area (Å²) >= 11 is 0. The number of nitrogens with one attached hydrogen (secondary N) is 1. The van der Waals surface area contributed by atoms with E-state index in [0.717, 1.165) is 0 Å². The van der Waals surface area contributed by atoms with Crippen molar-refractivity contribution >= 4 is 5.82 Å². The number of aromatic nitrogens is 2. The summed E-state index contributed by atoms with van der Waals surface area (Å²) in [6.07, 6.45) is 3.10. The predicted molar refractivity (Wildman–Crippen MR) is 51.7 cm³/mol. The van der Waals surface area contributed by atoms with Gasteiger partial charge < -0.3 is 10.1 Å². The second-order valence-corrected chi connectivity index (χ2v) is 2.79. The third-order valence-corrected chi connectivity index (χ3v) is 1.76. The van der Waals surface area contributed by atoms with Crippen molar-refractivity contribution in [2.45, 2.75) is 13.0 Å². The van der Waals surface area contributed by atoms with E-state index in [1.54, 1.807) is 13.3 Å². The summed E-state index contributed by atoms with van der Waals surface area (Å²) in [6.45, 7) is 2.53. The summed E-state index contributed by atoms with van der Waals surface area (Å²) in [5.74, 6) is 0.499. The van der Waals surface area contributed by atoms with Crippen LogP contribution in [0.5, 0.6) is 0 Å². The van der Waals surface area contributed by atoms with Crippen molar-refractivity contribution in [3.05, 3.63) is 18.1 Å². The first-order valence-electron chi connectivity index (χ1n) is 4.25. The molecule has 5 nitrogen and oxygen atoms in total. The zero-order valence-electron chi connectivity index (χ0n) is 8.19. The Morgan fingerprint density at radius 1 is 1.57 bits per heavy atom. The van der Waals surface area contributed by atoms with Gasteiger partial charge in [0.15, 0.2) is 11.5 Å². The highest BCUT2D eigenvalue weighted by molar-refractivity contribution is 5.46. The van der Waals surface area contributed by atoms with Gasteiger partial charge in [0.2, 0.25) is 0 Å². The van der Waals surface area contributed by atoms with Crippen LogP contribution < -0.4 is 5.32 Å². The minimum absolute atomic E-state index is 0.0727. The quantitative estimate of drug-likeness (QED) is 0.763. The van der Waals surface area contributed by atoms with Gasteiger partial charge in [-0.1, -0.05) is 0 Å². The molecule has 1 N–H and O–H groups in total. The van der Waals surface area contributed by atoms with Gasteiger partial charge in [0, 0.05) is 26.0 Å². The highest BCUT2D eigenvalue weighted by Crippen LogP contribution is 2.06. The fraction of sp³-hybridized carbons (Fsp3) is 0.444. The average Bonchev–Trinajstić information content (AvgIpc) is 2.26. The van der Waals surface area contributed by atoms with E-state index in [0.29, 0.717) is 18.1 Å². The molecule has 0 aliphatic rings. The fourth-order valence-corrected chi connectivity index (χ4v) is 0.873. The Balaban J connectivity index is 2.63. The number of ether oxygens (including phenoxy) is 1. The lowest BCUT2D eigenvalue weighted by Gasteiger charge is -2.11. The molecule has 0 aliphatic heterocycles. The van der Waals surface area contributed by atoms with E-state index in [4.69, 9.17) is 10.00 Å². The van der Waals surface area contributed by atoms with Gasteiger partial charge in [-0.2, -0.15) is 5.26 Å². The molecule has 0 amide bonds. The molecular weight excluding hydrogens is 180 g/mol. The maximum atomic E-state index is 8.72. The molecule has 0 fully saturated rings. The van der Waals surface area contributed by atoms with Crippen molar-refractivity contribution < 1.29 is 4.74 Å². The molecule has 0 saturated carbocycles. The van der Waals surface area contributed by atoms with E-state index in [-0.39, 0.29) is 6.10 Å². The summed E-state index contributed by atoms with van der Waals surface area (Å²) in [4.78, 5) is 7.88. The van der Waals surface area contributed by atoms with Gasteiger partial charge >= 0.3 is 0 Å². The molecule has 0 aliphatic carbocycles. The smallest absolute Gasteiger partial charge is 0.182 e. The Morgan fingerprint density at radius 2 is 2.29 bits per heavy atom. The molecule has 74 valence electrons. The van der Waals surface area contributed by atoms with Crippen molar-refractivity contribution in [2.24, 2.45) is 0 Å². The summed E-state index contributed by atoms with van der Waals surface area (Å²) in [5.41, 5.74) is 0.302. The van der Waals surface area contributed by atoms with Crippen LogP contribution in [-0.4, -0.2) is 29.7 Å². The minimum Gasteiger partial charge on any atom is -0.380 e. The lowest BCUT2D eigenvalue weighted by molar-refractivity contribution is 0.128. The van der Waals surface area contributed by atoms with Crippen molar-refractivity contribution in [1.29, 1.82) is 5.26 Å². The number of nitrogens with zero attached hydrogens (tertiary/aromatic N) is 3. The first-order chi connectivity index (χ1) is 6.77. The molecule has 0 saturated heterocycles. The van der Waals surface area contributed by atoms with E-state index < -0.39 is 0 Å². The van der Waals surface area contributed by atoms with Gasteiger partial charge in [0.1, 0.15) is 6.07 Å². The maximum absolute atomic E-state index is 8.72. The SMILES string of the molecule is COC(C)CNc1nccnc1C#N. The van der Waals surface area contributed by atoms with Gasteiger partial charge in [0.05, 0.1) is 6.10 Å². The third kappa shape index (κ3) is 2.68. The number of nitriles is 1. The van der Waals surface area contributed by atoms with Crippen LogP contribution in [0.3, 0.4) is 0 Å². The third-order valence-electron chi connectivity index (χ3n) is 1.76. The van der Waals surface area contributed by atoms with Crippen LogP contribution >= 0.6 is 0 Å². The van der Waals surface area contributed by atoms with Gasteiger partial charge in [-0.15, -0.1) is 0 Å². The fourth-order valence-electron chi connectivity index (χ4n) is 0.873. The van der Waals surface area contributed by atoms with Crippen molar-refractivity contribution in [1.82, 2.24) is 9.97 Å². The Morgan fingerprint density at radius 3 is 2.93 bits per heavy atom. The summed E-state index contributed by atoms with van der Waals surface area (Å²) in [6, 6.07) is 1.96. The van der Waals surface area contributed by atoms with E-state index in [1.165, 1.54) is 6.20 Å². The first kappa shape index (κ1) is 10.4. The molecule has 0 spiro atoms. The maximum Gasteiger partial charge on any atom is 0.182 e. The molecule has 14 heavy (non-hydrogen) atoms. The number of methoxy groups -OCH3 is 1. The topological polar surface area (TPSA) is 70.8 Å². The molecule has 0 bridgehead atoms. The molecule has 5 heteroatoms. The van der Waals surface area contributed by atoms with Crippen LogP contribution in [0.15, 0.2) is 12.4 Å². The largest absolute Gasteiger partial charge is 0.380 e. The second kappa shape index (κ2) is 5.14. The van der Waals surface area contributed by atoms with Crippen LogP contribution in [-0.2, 0) is 4.74 Å². The zero-order valence-corrected chi connectivity index (χ0v) is 8.19. The standard InChI is InChI=1S/C9H12N4O/c1-7(14-2)6-13-9-8(5-10)11-3-4-12-9/h3-4,7H,6H2,1-2H3,(H,12,13). The molecule has 1 aromatic rings. The number of hydrogen-bond donors (Lipinski definition) is 1. The van der Waals surface area contributed by atoms with Crippen LogP contribution in [0.2, 0.25) is 0 Å². The summed E-state index contributed by atoms with van der Waals surface area (Å²) < 4.78 is 5.05. The van der Waals surface area contributed by atoms with Crippen molar-refractivity contribution in [3.63, 3.8) is 0 Å². The molecule has 0 radical (unpaired) electrons. The Kier molecular flexibility index (Phi) is 3.83. The van der Waals surface area contributed by atoms with Crippen molar-refractivity contribution in [3.8, 4) is 6.07 Å². The van der Waals surface area contributed by atoms with E-state index in [9.17, 15) is 0 Å². The lowest BCUT2D eigenvalue weighted by Crippen LogP contribution is -2.19. The van der Waals surface area contributed by atoms with Crippen LogP contribution in [0, 0.1) is 11.3 Å². The molecule has 1 unspecified atom stereocenters. The van der Waals surface area contributed by atoms with Crippen molar-refractivity contribution in [2.75, 3.05) is 19.0 Å². The zero-order chi connectivity index (χ0) is 10.4. The van der Waals surface area contributed by atoms with E-state index >= 15 is 0 Å². The Labute approximate surface area is 82.8 Å². The van der Waals surface area contributed by atoms with Gasteiger partial charge in [-0.25, -0.2) is 9.97 Å². The summed E-state index contributed by atoms with van der Waals surface area (Å²) in [7, 11) is 1.63. The van der Waals surface area contributed by atoms with Gasteiger partial charge in [0.25, 0.3) is 0 Å². The van der Waals surface area contributed by atoms with E-state index in [1.807, 2.05) is 13.0 Å². The molecule has 1 heterocycles. The Bertz CT molecular complexity index is 334. The molecular formula is C9H12N4O. The predicted octanol–water partition coefficient (Wildman–Crippen LogP) is 0.795. The molecule has 0 aromatic carbocycles. The number of hydrogen-bond acceptors (Lipinski definition) is 5.